The van der Waals surface area contributed by atoms with Crippen LogP contribution in [0.25, 0.3) is 0 Å². The van der Waals surface area contributed by atoms with Crippen molar-refractivity contribution < 1.29 is 29.0 Å². The average molecular weight is 454 g/mol. The van der Waals surface area contributed by atoms with Crippen molar-refractivity contribution in [2.45, 2.75) is 90.8 Å². The summed E-state index contributed by atoms with van der Waals surface area (Å²) in [6, 6.07) is -1.38. The molecule has 0 spiro atoms. The number of likely N-dealkylation sites (tertiary alicyclic amines) is 1. The highest BCUT2D eigenvalue weighted by Crippen LogP contribution is 2.29. The molecule has 2 unspecified atom stereocenters. The summed E-state index contributed by atoms with van der Waals surface area (Å²) >= 11 is 0. The lowest BCUT2D eigenvalue weighted by molar-refractivity contribution is -0.144. The van der Waals surface area contributed by atoms with E-state index in [2.05, 4.69) is 10.6 Å². The van der Waals surface area contributed by atoms with Crippen LogP contribution in [-0.4, -0.2) is 64.7 Å². The SMILES string of the molecule is CC(C)C(NC(=O)C1CCC(CNC(=O)C2CCCN2C(=O)OC(C)(C)C)CC1)C(=O)O. The van der Waals surface area contributed by atoms with Gasteiger partial charge >= 0.3 is 12.1 Å². The predicted octanol–water partition coefficient (Wildman–Crippen LogP) is 2.53. The molecule has 1 saturated carbocycles. The van der Waals surface area contributed by atoms with Crippen molar-refractivity contribution in [3.8, 4) is 0 Å². The Kier molecular flexibility index (Phi) is 8.92. The molecule has 182 valence electrons. The quantitative estimate of drug-likeness (QED) is 0.544. The van der Waals surface area contributed by atoms with Gasteiger partial charge in [0, 0.05) is 19.0 Å². The zero-order valence-electron chi connectivity index (χ0n) is 20.0. The van der Waals surface area contributed by atoms with Crippen LogP contribution in [0.5, 0.6) is 0 Å². The zero-order valence-corrected chi connectivity index (χ0v) is 20.0. The molecule has 9 nitrogen and oxygen atoms in total. The lowest BCUT2D eigenvalue weighted by atomic mass is 9.81. The van der Waals surface area contributed by atoms with Gasteiger partial charge in [-0.05, 0) is 71.1 Å². The molecule has 0 aromatic rings. The van der Waals surface area contributed by atoms with Gasteiger partial charge in [-0.2, -0.15) is 0 Å². The largest absolute Gasteiger partial charge is 0.480 e. The first-order valence-corrected chi connectivity index (χ1v) is 11.7. The molecule has 32 heavy (non-hydrogen) atoms. The molecule has 0 bridgehead atoms. The topological polar surface area (TPSA) is 125 Å². The summed E-state index contributed by atoms with van der Waals surface area (Å²) in [7, 11) is 0. The van der Waals surface area contributed by atoms with E-state index < -0.39 is 29.7 Å². The number of ether oxygens (including phenoxy) is 1. The molecule has 3 amide bonds. The number of carbonyl (C=O) groups is 4. The highest BCUT2D eigenvalue weighted by atomic mass is 16.6. The lowest BCUT2D eigenvalue weighted by Crippen LogP contribution is -2.49. The fourth-order valence-electron chi connectivity index (χ4n) is 4.35. The Hall–Kier alpha value is -2.32. The van der Waals surface area contributed by atoms with Crippen molar-refractivity contribution in [2.24, 2.45) is 17.8 Å². The van der Waals surface area contributed by atoms with Gasteiger partial charge in [0.1, 0.15) is 17.7 Å². The molecular weight excluding hydrogens is 414 g/mol. The number of carboxylic acids is 1. The van der Waals surface area contributed by atoms with Crippen LogP contribution in [-0.2, 0) is 19.1 Å². The molecule has 0 radical (unpaired) electrons. The van der Waals surface area contributed by atoms with Gasteiger partial charge in [-0.1, -0.05) is 13.8 Å². The van der Waals surface area contributed by atoms with E-state index in [9.17, 15) is 24.3 Å². The van der Waals surface area contributed by atoms with Gasteiger partial charge in [0.05, 0.1) is 0 Å². The minimum absolute atomic E-state index is 0.158. The van der Waals surface area contributed by atoms with Gasteiger partial charge in [-0.15, -0.1) is 0 Å². The van der Waals surface area contributed by atoms with Crippen LogP contribution in [0.1, 0.15) is 73.1 Å². The number of amides is 3. The van der Waals surface area contributed by atoms with Crippen LogP contribution >= 0.6 is 0 Å². The predicted molar refractivity (Wildman–Crippen MR) is 119 cm³/mol. The first-order chi connectivity index (χ1) is 14.9. The highest BCUT2D eigenvalue weighted by Gasteiger charge is 2.37. The fourth-order valence-corrected chi connectivity index (χ4v) is 4.35. The number of hydrogen-bond acceptors (Lipinski definition) is 5. The molecule has 2 atom stereocenters. The average Bonchev–Trinajstić information content (AvgIpc) is 3.19. The van der Waals surface area contributed by atoms with Crippen LogP contribution < -0.4 is 10.6 Å². The Bertz CT molecular complexity index is 694. The van der Waals surface area contributed by atoms with Crippen molar-refractivity contribution in [3.63, 3.8) is 0 Å². The van der Waals surface area contributed by atoms with E-state index in [1.165, 1.54) is 4.90 Å². The highest BCUT2D eigenvalue weighted by molar-refractivity contribution is 5.86. The monoisotopic (exact) mass is 453 g/mol. The summed E-state index contributed by atoms with van der Waals surface area (Å²) < 4.78 is 5.42. The number of aliphatic carboxylic acids is 1. The summed E-state index contributed by atoms with van der Waals surface area (Å²) in [6.45, 7) is 9.97. The minimum atomic E-state index is -1.02. The van der Waals surface area contributed by atoms with Gasteiger partial charge in [0.15, 0.2) is 0 Å². The van der Waals surface area contributed by atoms with Gasteiger partial charge in [0.2, 0.25) is 11.8 Å². The maximum atomic E-state index is 12.7. The van der Waals surface area contributed by atoms with E-state index in [4.69, 9.17) is 4.74 Å². The number of rotatable bonds is 7. The zero-order chi connectivity index (χ0) is 24.1. The Morgan fingerprint density at radius 3 is 2.19 bits per heavy atom. The summed E-state index contributed by atoms with van der Waals surface area (Å²) in [5.74, 6) is -1.49. The molecule has 0 aromatic heterocycles. The van der Waals surface area contributed by atoms with Crippen molar-refractivity contribution in [1.82, 2.24) is 15.5 Å². The van der Waals surface area contributed by atoms with E-state index in [0.29, 0.717) is 32.4 Å². The normalized spacial score (nSPS) is 24.7. The third kappa shape index (κ3) is 7.38. The van der Waals surface area contributed by atoms with E-state index in [-0.39, 0.29) is 29.6 Å². The number of carboxylic acid groups (broad SMARTS) is 1. The number of hydrogen-bond donors (Lipinski definition) is 3. The minimum Gasteiger partial charge on any atom is -0.480 e. The van der Waals surface area contributed by atoms with Crippen molar-refractivity contribution >= 4 is 23.9 Å². The van der Waals surface area contributed by atoms with Crippen LogP contribution in [0.3, 0.4) is 0 Å². The Morgan fingerprint density at radius 1 is 1.03 bits per heavy atom. The third-order valence-electron chi connectivity index (χ3n) is 6.20. The number of nitrogens with zero attached hydrogens (tertiary/aromatic N) is 1. The van der Waals surface area contributed by atoms with Gasteiger partial charge in [0.25, 0.3) is 0 Å². The Labute approximate surface area is 190 Å². The number of carbonyl (C=O) groups excluding carboxylic acids is 3. The maximum Gasteiger partial charge on any atom is 0.410 e. The molecule has 1 aliphatic heterocycles. The van der Waals surface area contributed by atoms with Gasteiger partial charge in [-0.3, -0.25) is 14.5 Å². The van der Waals surface area contributed by atoms with E-state index in [1.54, 1.807) is 34.6 Å². The van der Waals surface area contributed by atoms with Crippen molar-refractivity contribution in [3.05, 3.63) is 0 Å². The van der Waals surface area contributed by atoms with Crippen LogP contribution in [0.15, 0.2) is 0 Å². The van der Waals surface area contributed by atoms with Crippen molar-refractivity contribution in [2.75, 3.05) is 13.1 Å². The van der Waals surface area contributed by atoms with E-state index in [1.807, 2.05) is 0 Å². The molecule has 2 rings (SSSR count). The second-order valence-corrected chi connectivity index (χ2v) is 10.4. The summed E-state index contributed by atoms with van der Waals surface area (Å²) in [4.78, 5) is 50.4. The molecule has 2 aliphatic rings. The first-order valence-electron chi connectivity index (χ1n) is 11.7. The molecule has 1 heterocycles. The van der Waals surface area contributed by atoms with E-state index in [0.717, 1.165) is 19.3 Å². The molecule has 1 aliphatic carbocycles. The second kappa shape index (κ2) is 11.0. The molecular formula is C23H39N3O6. The molecule has 9 heteroatoms. The fraction of sp³-hybridized carbons (Fsp3) is 0.826. The summed E-state index contributed by atoms with van der Waals surface area (Å²) in [6.07, 6.45) is 3.86. The Balaban J connectivity index is 1.78. The standard InChI is InChI=1S/C23H39N3O6/c1-14(2)18(21(29)30)25-19(27)16-10-8-15(9-11-16)13-24-20(28)17-7-6-12-26(17)22(31)32-23(3,4)5/h14-18H,6-13H2,1-5H3,(H,24,28)(H,25,27)(H,29,30). The van der Waals surface area contributed by atoms with Crippen LogP contribution in [0, 0.1) is 17.8 Å². The van der Waals surface area contributed by atoms with Crippen LogP contribution in [0.4, 0.5) is 4.79 Å². The number of nitrogens with one attached hydrogen (secondary N) is 2. The van der Waals surface area contributed by atoms with E-state index >= 15 is 0 Å². The lowest BCUT2D eigenvalue weighted by Gasteiger charge is -2.30. The third-order valence-corrected chi connectivity index (χ3v) is 6.20. The van der Waals surface area contributed by atoms with Gasteiger partial charge in [-0.25, -0.2) is 9.59 Å². The maximum absolute atomic E-state index is 12.7. The molecule has 0 aromatic carbocycles. The smallest absolute Gasteiger partial charge is 0.410 e. The molecule has 2 fully saturated rings. The van der Waals surface area contributed by atoms with Crippen molar-refractivity contribution in [1.29, 1.82) is 0 Å². The van der Waals surface area contributed by atoms with Crippen LogP contribution in [0.2, 0.25) is 0 Å². The first kappa shape index (κ1) is 25.9. The summed E-state index contributed by atoms with van der Waals surface area (Å²) in [5, 5.41) is 14.9. The Morgan fingerprint density at radius 2 is 1.66 bits per heavy atom. The molecule has 3 N–H and O–H groups in total. The summed E-state index contributed by atoms with van der Waals surface area (Å²) in [5.41, 5.74) is -0.606. The molecule has 1 saturated heterocycles. The van der Waals surface area contributed by atoms with Gasteiger partial charge < -0.3 is 20.5 Å². The second-order valence-electron chi connectivity index (χ2n) is 10.4.